The van der Waals surface area contributed by atoms with Crippen molar-refractivity contribution in [1.82, 2.24) is 9.97 Å². The van der Waals surface area contributed by atoms with Crippen molar-refractivity contribution in [2.24, 2.45) is 0 Å². The highest BCUT2D eigenvalue weighted by Crippen LogP contribution is 2.27. The van der Waals surface area contributed by atoms with Gasteiger partial charge in [-0.15, -0.1) is 0 Å². The monoisotopic (exact) mass is 368 g/mol. The molecule has 12 heteroatoms. The zero-order chi connectivity index (χ0) is 18.6. The third kappa shape index (κ3) is 4.51. The van der Waals surface area contributed by atoms with E-state index in [9.17, 15) is 29.3 Å². The number of amides is 1. The second-order valence-electron chi connectivity index (χ2n) is 4.53. The Morgan fingerprint density at radius 2 is 2.04 bits per heavy atom. The van der Waals surface area contributed by atoms with Gasteiger partial charge in [-0.3, -0.25) is 24.7 Å². The standard InChI is InChI=1S/C13H9ClN4O7/c14-8-2-1-6(3-9(8)18(23)24)16-10(19)5-25-12(21)7-4-15-13(22)17-11(7)20/h1-4H,5H2,(H,16,19)(H2,15,17,20,22). The molecule has 130 valence electrons. The molecule has 0 spiro atoms. The predicted molar refractivity (Wildman–Crippen MR) is 84.7 cm³/mol. The number of rotatable bonds is 5. The first kappa shape index (κ1) is 17.9. The van der Waals surface area contributed by atoms with E-state index >= 15 is 0 Å². The summed E-state index contributed by atoms with van der Waals surface area (Å²) in [4.78, 5) is 59.6. The van der Waals surface area contributed by atoms with Gasteiger partial charge < -0.3 is 15.0 Å². The lowest BCUT2D eigenvalue weighted by atomic mass is 10.3. The van der Waals surface area contributed by atoms with Gasteiger partial charge in [-0.25, -0.2) is 9.59 Å². The maximum absolute atomic E-state index is 11.7. The van der Waals surface area contributed by atoms with Crippen molar-refractivity contribution in [1.29, 1.82) is 0 Å². The van der Waals surface area contributed by atoms with Crippen LogP contribution in [0.25, 0.3) is 0 Å². The molecule has 0 aliphatic rings. The van der Waals surface area contributed by atoms with E-state index < -0.39 is 45.9 Å². The number of carbonyl (C=O) groups is 2. The second kappa shape index (κ2) is 7.40. The Labute approximate surface area is 142 Å². The Hall–Kier alpha value is -3.47. The minimum Gasteiger partial charge on any atom is -0.452 e. The SMILES string of the molecule is O=C(COC(=O)c1c[nH]c(=O)[nH]c1=O)Nc1ccc(Cl)c([N+](=O)[O-])c1. The number of nitrogens with one attached hydrogen (secondary N) is 3. The maximum Gasteiger partial charge on any atom is 0.345 e. The smallest absolute Gasteiger partial charge is 0.345 e. The molecular weight excluding hydrogens is 360 g/mol. The Kier molecular flexibility index (Phi) is 5.29. The largest absolute Gasteiger partial charge is 0.452 e. The molecule has 0 unspecified atom stereocenters. The van der Waals surface area contributed by atoms with E-state index in [1.54, 1.807) is 0 Å². The van der Waals surface area contributed by atoms with Crippen LogP contribution >= 0.6 is 11.6 Å². The van der Waals surface area contributed by atoms with Crippen molar-refractivity contribution < 1.29 is 19.2 Å². The normalized spacial score (nSPS) is 10.1. The molecule has 1 aromatic carbocycles. The number of esters is 1. The molecule has 1 amide bonds. The lowest BCUT2D eigenvalue weighted by molar-refractivity contribution is -0.384. The molecule has 2 rings (SSSR count). The minimum absolute atomic E-state index is 0.0686. The molecule has 0 aliphatic carbocycles. The summed E-state index contributed by atoms with van der Waals surface area (Å²) in [5.74, 6) is -1.93. The molecule has 2 aromatic rings. The molecule has 0 bridgehead atoms. The van der Waals surface area contributed by atoms with Gasteiger partial charge in [0.05, 0.1) is 4.92 Å². The molecule has 25 heavy (non-hydrogen) atoms. The maximum atomic E-state index is 11.7. The van der Waals surface area contributed by atoms with E-state index in [1.807, 2.05) is 4.98 Å². The molecule has 0 fully saturated rings. The minimum atomic E-state index is -1.13. The fourth-order valence-corrected chi connectivity index (χ4v) is 1.88. The highest BCUT2D eigenvalue weighted by Gasteiger charge is 2.16. The van der Waals surface area contributed by atoms with Gasteiger partial charge in [0.15, 0.2) is 6.61 Å². The zero-order valence-corrected chi connectivity index (χ0v) is 13.0. The number of nitro groups is 1. The van der Waals surface area contributed by atoms with Crippen LogP contribution in [0.1, 0.15) is 10.4 Å². The van der Waals surface area contributed by atoms with E-state index in [4.69, 9.17) is 11.6 Å². The van der Waals surface area contributed by atoms with E-state index in [-0.39, 0.29) is 10.7 Å². The van der Waals surface area contributed by atoms with Crippen molar-refractivity contribution in [3.8, 4) is 0 Å². The van der Waals surface area contributed by atoms with Crippen LogP contribution < -0.4 is 16.6 Å². The first-order valence-corrected chi connectivity index (χ1v) is 6.88. The van der Waals surface area contributed by atoms with Crippen LogP contribution in [0.15, 0.2) is 34.0 Å². The number of benzene rings is 1. The fraction of sp³-hybridized carbons (Fsp3) is 0.0769. The number of hydrogen-bond donors (Lipinski definition) is 3. The summed E-state index contributed by atoms with van der Waals surface area (Å²) in [6, 6.07) is 3.58. The quantitative estimate of drug-likeness (QED) is 0.391. The van der Waals surface area contributed by atoms with Crippen LogP contribution in [0.2, 0.25) is 5.02 Å². The van der Waals surface area contributed by atoms with Crippen molar-refractivity contribution >= 4 is 34.9 Å². The molecule has 0 radical (unpaired) electrons. The first-order chi connectivity index (χ1) is 11.8. The number of halogens is 1. The average Bonchev–Trinajstić information content (AvgIpc) is 2.54. The number of hydrogen-bond acceptors (Lipinski definition) is 7. The average molecular weight is 369 g/mol. The van der Waals surface area contributed by atoms with Gasteiger partial charge in [-0.1, -0.05) is 11.6 Å². The summed E-state index contributed by atoms with van der Waals surface area (Å²) in [7, 11) is 0. The zero-order valence-electron chi connectivity index (χ0n) is 12.2. The molecule has 0 atom stereocenters. The molecule has 1 heterocycles. The molecular formula is C13H9ClN4O7. The van der Waals surface area contributed by atoms with Gasteiger partial charge in [0.1, 0.15) is 10.6 Å². The number of aromatic amines is 2. The molecule has 11 nitrogen and oxygen atoms in total. The molecule has 1 aromatic heterocycles. The van der Waals surface area contributed by atoms with Crippen molar-refractivity contribution in [2.45, 2.75) is 0 Å². The van der Waals surface area contributed by atoms with Gasteiger partial charge in [-0.2, -0.15) is 0 Å². The summed E-state index contributed by atoms with van der Waals surface area (Å²) < 4.78 is 4.63. The summed E-state index contributed by atoms with van der Waals surface area (Å²) in [5, 5.41) is 12.9. The van der Waals surface area contributed by atoms with Crippen molar-refractivity contribution in [3.63, 3.8) is 0 Å². The Morgan fingerprint density at radius 1 is 1.32 bits per heavy atom. The van der Waals surface area contributed by atoms with Gasteiger partial charge in [-0.05, 0) is 12.1 Å². The topological polar surface area (TPSA) is 164 Å². The van der Waals surface area contributed by atoms with Gasteiger partial charge >= 0.3 is 11.7 Å². The molecule has 3 N–H and O–H groups in total. The summed E-state index contributed by atoms with van der Waals surface area (Å²) in [6.45, 7) is -0.756. The first-order valence-electron chi connectivity index (χ1n) is 6.51. The van der Waals surface area contributed by atoms with Gasteiger partial charge in [0.2, 0.25) is 0 Å². The number of anilines is 1. The number of H-pyrrole nitrogens is 2. The van der Waals surface area contributed by atoms with Crippen LogP contribution in [0, 0.1) is 10.1 Å². The summed E-state index contributed by atoms with van der Waals surface area (Å²) >= 11 is 5.64. The fourth-order valence-electron chi connectivity index (χ4n) is 1.70. The van der Waals surface area contributed by atoms with Gasteiger partial charge in [0.25, 0.3) is 17.2 Å². The van der Waals surface area contributed by atoms with Crippen LogP contribution in [0.5, 0.6) is 0 Å². The van der Waals surface area contributed by atoms with Crippen LogP contribution in [-0.2, 0) is 9.53 Å². The summed E-state index contributed by atoms with van der Waals surface area (Å²) in [6.07, 6.45) is 0.851. The van der Waals surface area contributed by atoms with Crippen LogP contribution in [-0.4, -0.2) is 33.4 Å². The Morgan fingerprint density at radius 3 is 2.68 bits per heavy atom. The van der Waals surface area contributed by atoms with E-state index in [2.05, 4.69) is 15.0 Å². The van der Waals surface area contributed by atoms with Gasteiger partial charge in [0, 0.05) is 18.0 Å². The highest BCUT2D eigenvalue weighted by molar-refractivity contribution is 6.32. The van der Waals surface area contributed by atoms with Crippen molar-refractivity contribution in [3.05, 3.63) is 65.9 Å². The number of carbonyl (C=O) groups excluding carboxylic acids is 2. The summed E-state index contributed by atoms with van der Waals surface area (Å²) in [5.41, 5.74) is -2.60. The third-order valence-corrected chi connectivity index (χ3v) is 3.12. The van der Waals surface area contributed by atoms with Crippen LogP contribution in [0.4, 0.5) is 11.4 Å². The second-order valence-corrected chi connectivity index (χ2v) is 4.94. The van der Waals surface area contributed by atoms with E-state index in [0.29, 0.717) is 0 Å². The van der Waals surface area contributed by atoms with Crippen LogP contribution in [0.3, 0.4) is 0 Å². The molecule has 0 aliphatic heterocycles. The number of aromatic nitrogens is 2. The third-order valence-electron chi connectivity index (χ3n) is 2.80. The predicted octanol–water partition coefficient (Wildman–Crippen LogP) is 0.420. The van der Waals surface area contributed by atoms with E-state index in [1.165, 1.54) is 12.1 Å². The highest BCUT2D eigenvalue weighted by atomic mass is 35.5. The number of ether oxygens (including phenoxy) is 1. The number of nitro benzene ring substituents is 1. The van der Waals surface area contributed by atoms with Crippen molar-refractivity contribution in [2.75, 3.05) is 11.9 Å². The Balaban J connectivity index is 2.00. The molecule has 0 saturated heterocycles. The lowest BCUT2D eigenvalue weighted by Crippen LogP contribution is -2.29. The number of nitrogens with zero attached hydrogens (tertiary/aromatic N) is 1. The lowest BCUT2D eigenvalue weighted by Gasteiger charge is -2.06. The molecule has 0 saturated carbocycles. The Bertz CT molecular complexity index is 965. The van der Waals surface area contributed by atoms with E-state index in [0.717, 1.165) is 12.3 Å².